The van der Waals surface area contributed by atoms with Crippen LogP contribution in [0.3, 0.4) is 0 Å². The fourth-order valence-electron chi connectivity index (χ4n) is 1.46. The van der Waals surface area contributed by atoms with Gasteiger partial charge in [0.05, 0.1) is 0 Å². The van der Waals surface area contributed by atoms with Gasteiger partial charge in [0.1, 0.15) is 0 Å². The second-order valence-corrected chi connectivity index (χ2v) is 4.98. The van der Waals surface area contributed by atoms with E-state index in [1.165, 1.54) is 6.21 Å². The number of carbonyl (C=O) groups excluding carboxylic acids is 1. The highest BCUT2D eigenvalue weighted by Crippen LogP contribution is 2.11. The van der Waals surface area contributed by atoms with E-state index in [0.717, 1.165) is 15.7 Å². The number of benzene rings is 1. The number of rotatable bonds is 4. The van der Waals surface area contributed by atoms with Crippen LogP contribution in [0.25, 0.3) is 6.08 Å². The Morgan fingerprint density at radius 3 is 2.80 bits per heavy atom. The predicted octanol–water partition coefficient (Wildman–Crippen LogP) is 2.91. The minimum atomic E-state index is -0.345. The maximum atomic E-state index is 11.6. The molecule has 0 atom stereocenters. The van der Waals surface area contributed by atoms with Crippen molar-refractivity contribution in [2.45, 2.75) is 6.92 Å². The molecule has 0 saturated heterocycles. The fraction of sp³-hybridized carbons (Fsp3) is 0.0714. The predicted molar refractivity (Wildman–Crippen MR) is 82.5 cm³/mol. The summed E-state index contributed by atoms with van der Waals surface area (Å²) in [6.45, 7) is 1.83. The van der Waals surface area contributed by atoms with Gasteiger partial charge in [-0.15, -0.1) is 0 Å². The second kappa shape index (κ2) is 6.81. The van der Waals surface area contributed by atoms with Gasteiger partial charge in [0.25, 0.3) is 5.91 Å². The first kappa shape index (κ1) is 14.2. The van der Waals surface area contributed by atoms with E-state index in [-0.39, 0.29) is 5.91 Å². The van der Waals surface area contributed by atoms with Crippen molar-refractivity contribution in [1.29, 1.82) is 0 Å². The monoisotopic (exact) mass is 332 g/mol. The molecule has 0 aliphatic heterocycles. The third kappa shape index (κ3) is 4.17. The molecule has 1 aromatic heterocycles. The topological polar surface area (TPSA) is 70.1 Å². The minimum absolute atomic E-state index is 0.316. The quantitative estimate of drug-likeness (QED) is 0.667. The number of nitrogens with zero attached hydrogens (tertiary/aromatic N) is 2. The molecule has 2 rings (SSSR count). The molecule has 0 bridgehead atoms. The van der Waals surface area contributed by atoms with Crippen molar-refractivity contribution in [1.82, 2.24) is 15.6 Å². The zero-order valence-electron chi connectivity index (χ0n) is 10.8. The van der Waals surface area contributed by atoms with Crippen molar-refractivity contribution >= 4 is 34.1 Å². The van der Waals surface area contributed by atoms with Crippen LogP contribution in [-0.2, 0) is 0 Å². The molecule has 0 spiro atoms. The van der Waals surface area contributed by atoms with E-state index < -0.39 is 0 Å². The van der Waals surface area contributed by atoms with E-state index in [1.807, 2.05) is 37.3 Å². The molecule has 1 aromatic carbocycles. The van der Waals surface area contributed by atoms with Gasteiger partial charge >= 0.3 is 0 Å². The molecule has 6 heteroatoms. The number of aromatic nitrogens is 2. The Hall–Kier alpha value is -2.21. The van der Waals surface area contributed by atoms with Crippen LogP contribution in [0.5, 0.6) is 0 Å². The van der Waals surface area contributed by atoms with E-state index >= 15 is 0 Å². The minimum Gasteiger partial charge on any atom is -0.282 e. The third-order valence-corrected chi connectivity index (χ3v) is 2.95. The smallest absolute Gasteiger partial charge is 0.282 e. The molecule has 5 nitrogen and oxygen atoms in total. The lowest BCUT2D eigenvalue weighted by molar-refractivity contribution is 0.0950. The zero-order valence-corrected chi connectivity index (χ0v) is 12.4. The van der Waals surface area contributed by atoms with E-state index in [2.05, 4.69) is 36.7 Å². The van der Waals surface area contributed by atoms with Crippen LogP contribution < -0.4 is 5.43 Å². The summed E-state index contributed by atoms with van der Waals surface area (Å²) in [6, 6.07) is 9.51. The number of allylic oxidation sites excluding steroid dienone is 1. The first-order valence-corrected chi connectivity index (χ1v) is 6.72. The summed E-state index contributed by atoms with van der Waals surface area (Å²) >= 11 is 3.37. The standard InChI is InChI=1S/C14H13BrN4O/c1-10-9-13(18-17-10)14(20)19-16-8-2-3-11-4-6-12(15)7-5-11/h2-9H,1H3,(H,17,18)(H,19,20)/b3-2+,16-8?. The molecule has 1 heterocycles. The maximum absolute atomic E-state index is 11.6. The fourth-order valence-corrected chi connectivity index (χ4v) is 1.72. The highest BCUT2D eigenvalue weighted by atomic mass is 79.9. The van der Waals surface area contributed by atoms with Crippen LogP contribution >= 0.6 is 15.9 Å². The molecular weight excluding hydrogens is 320 g/mol. The van der Waals surface area contributed by atoms with Gasteiger partial charge in [-0.25, -0.2) is 5.43 Å². The Kier molecular flexibility index (Phi) is 4.84. The number of carbonyl (C=O) groups is 1. The lowest BCUT2D eigenvalue weighted by Gasteiger charge is -1.93. The summed E-state index contributed by atoms with van der Waals surface area (Å²) < 4.78 is 1.03. The number of halogens is 1. The van der Waals surface area contributed by atoms with Gasteiger partial charge in [-0.05, 0) is 36.8 Å². The summed E-state index contributed by atoms with van der Waals surface area (Å²) in [5.41, 5.74) is 4.59. The lowest BCUT2D eigenvalue weighted by atomic mass is 10.2. The Labute approximate surface area is 124 Å². The molecule has 102 valence electrons. The maximum Gasteiger partial charge on any atom is 0.291 e. The van der Waals surface area contributed by atoms with Crippen LogP contribution in [-0.4, -0.2) is 22.3 Å². The number of H-pyrrole nitrogens is 1. The SMILES string of the molecule is Cc1cc(C(=O)NN=C/C=C/c2ccc(Br)cc2)n[nH]1. The Bertz CT molecular complexity index is 643. The number of aryl methyl sites for hydroxylation is 1. The number of hydrazone groups is 1. The number of amides is 1. The van der Waals surface area contributed by atoms with E-state index in [4.69, 9.17) is 0 Å². The first-order valence-electron chi connectivity index (χ1n) is 5.93. The van der Waals surface area contributed by atoms with Crippen LogP contribution in [0.1, 0.15) is 21.7 Å². The normalized spacial score (nSPS) is 11.3. The highest BCUT2D eigenvalue weighted by Gasteiger charge is 2.06. The highest BCUT2D eigenvalue weighted by molar-refractivity contribution is 9.10. The van der Waals surface area contributed by atoms with Gasteiger partial charge in [-0.2, -0.15) is 10.2 Å². The Morgan fingerprint density at radius 1 is 1.40 bits per heavy atom. The molecule has 2 aromatic rings. The Balaban J connectivity index is 1.85. The molecule has 20 heavy (non-hydrogen) atoms. The van der Waals surface area contributed by atoms with Gasteiger partial charge in [0.2, 0.25) is 0 Å². The first-order chi connectivity index (χ1) is 9.65. The molecule has 0 unspecified atom stereocenters. The summed E-state index contributed by atoms with van der Waals surface area (Å²) in [6.07, 6.45) is 5.15. The zero-order chi connectivity index (χ0) is 14.4. The number of hydrogen-bond acceptors (Lipinski definition) is 3. The molecule has 2 N–H and O–H groups in total. The van der Waals surface area contributed by atoms with E-state index in [9.17, 15) is 4.79 Å². The summed E-state index contributed by atoms with van der Waals surface area (Å²) in [5, 5.41) is 10.3. The summed E-state index contributed by atoms with van der Waals surface area (Å²) in [7, 11) is 0. The van der Waals surface area contributed by atoms with Crippen molar-refractivity contribution in [2.24, 2.45) is 5.10 Å². The molecule has 1 amide bonds. The molecule has 0 aliphatic rings. The van der Waals surface area contributed by atoms with Gasteiger partial charge in [0, 0.05) is 16.4 Å². The molecule has 0 saturated carbocycles. The Morgan fingerprint density at radius 2 is 2.15 bits per heavy atom. The van der Waals surface area contributed by atoms with Crippen LogP contribution in [0, 0.1) is 6.92 Å². The van der Waals surface area contributed by atoms with Crippen molar-refractivity contribution < 1.29 is 4.79 Å². The van der Waals surface area contributed by atoms with Gasteiger partial charge in [0.15, 0.2) is 5.69 Å². The van der Waals surface area contributed by atoms with Crippen molar-refractivity contribution in [3.8, 4) is 0 Å². The molecular formula is C14H13BrN4O. The molecule has 0 aliphatic carbocycles. The third-order valence-electron chi connectivity index (χ3n) is 2.42. The van der Waals surface area contributed by atoms with Crippen molar-refractivity contribution in [3.63, 3.8) is 0 Å². The summed E-state index contributed by atoms with van der Waals surface area (Å²) in [5.74, 6) is -0.345. The average molecular weight is 333 g/mol. The van der Waals surface area contributed by atoms with Crippen LogP contribution in [0.2, 0.25) is 0 Å². The molecule has 0 fully saturated rings. The number of nitrogens with one attached hydrogen (secondary N) is 2. The van der Waals surface area contributed by atoms with Crippen molar-refractivity contribution in [2.75, 3.05) is 0 Å². The van der Waals surface area contributed by atoms with Crippen molar-refractivity contribution in [3.05, 3.63) is 57.8 Å². The van der Waals surface area contributed by atoms with E-state index in [0.29, 0.717) is 5.69 Å². The van der Waals surface area contributed by atoms with Gasteiger partial charge < -0.3 is 0 Å². The van der Waals surface area contributed by atoms with Gasteiger partial charge in [-0.1, -0.05) is 34.1 Å². The van der Waals surface area contributed by atoms with Gasteiger partial charge in [-0.3, -0.25) is 9.89 Å². The largest absolute Gasteiger partial charge is 0.291 e. The lowest BCUT2D eigenvalue weighted by Crippen LogP contribution is -2.17. The molecule has 0 radical (unpaired) electrons. The average Bonchev–Trinajstić information content (AvgIpc) is 2.87. The van der Waals surface area contributed by atoms with Crippen LogP contribution in [0.4, 0.5) is 0 Å². The number of aromatic amines is 1. The second-order valence-electron chi connectivity index (χ2n) is 4.07. The summed E-state index contributed by atoms with van der Waals surface area (Å²) in [4.78, 5) is 11.6. The van der Waals surface area contributed by atoms with Crippen LogP contribution in [0.15, 0.2) is 46.0 Å². The van der Waals surface area contributed by atoms with E-state index in [1.54, 1.807) is 12.1 Å². The number of hydrogen-bond donors (Lipinski definition) is 2.